The lowest BCUT2D eigenvalue weighted by atomic mass is 9.89. The fourth-order valence-corrected chi connectivity index (χ4v) is 5.47. The molecule has 9 heteroatoms. The minimum atomic E-state index is -0.268. The fraction of sp³-hybridized carbons (Fsp3) is 0.391. The molecule has 0 atom stereocenters. The summed E-state index contributed by atoms with van der Waals surface area (Å²) < 4.78 is 0. The first-order valence-electron chi connectivity index (χ1n) is 11.1. The first-order valence-corrected chi connectivity index (χ1v) is 11.9. The van der Waals surface area contributed by atoms with Gasteiger partial charge in [-0.05, 0) is 49.5 Å². The van der Waals surface area contributed by atoms with E-state index in [1.807, 2.05) is 17.5 Å². The molecule has 1 aromatic carbocycles. The molecule has 4 heterocycles. The van der Waals surface area contributed by atoms with Crippen LogP contribution in [0.2, 0.25) is 0 Å². The molecule has 1 saturated carbocycles. The van der Waals surface area contributed by atoms with Gasteiger partial charge < -0.3 is 30.2 Å². The number of pyridine rings is 1. The normalized spacial score (nSPS) is 21.9. The first kappa shape index (κ1) is 19.8. The number of likely N-dealkylation sites (N-methyl/N-ethyl adjacent to an activating group) is 1. The topological polar surface area (TPSA) is 100 Å². The summed E-state index contributed by atoms with van der Waals surface area (Å²) in [6, 6.07) is 8.44. The Morgan fingerprint density at radius 3 is 2.75 bits per heavy atom. The van der Waals surface area contributed by atoms with E-state index in [0.29, 0.717) is 24.2 Å². The maximum atomic E-state index is 13.1. The van der Waals surface area contributed by atoms with Gasteiger partial charge in [-0.2, -0.15) is 0 Å². The van der Waals surface area contributed by atoms with Gasteiger partial charge in [-0.3, -0.25) is 4.79 Å². The standard InChI is InChI=1S/C23H26N6O2S/c1-28-5-7-29(8-6-28)14-2-3-17-18(12-14)26-21(25-17)19-20(24-13-10-15(30)11-13)16-4-9-32-23(16)27-22(19)31/h2-4,9,12-13,15,30H,5-8,10-11H2,1H3,(H,25,26)(H2,24,27,31)/t13-,15-. The van der Waals surface area contributed by atoms with E-state index in [-0.39, 0.29) is 17.7 Å². The number of benzene rings is 1. The Kier molecular flexibility index (Phi) is 4.71. The molecule has 32 heavy (non-hydrogen) atoms. The molecule has 0 spiro atoms. The van der Waals surface area contributed by atoms with E-state index in [9.17, 15) is 9.90 Å². The maximum Gasteiger partial charge on any atom is 0.262 e. The van der Waals surface area contributed by atoms with Crippen LogP contribution in [-0.2, 0) is 0 Å². The van der Waals surface area contributed by atoms with Crippen molar-refractivity contribution in [2.45, 2.75) is 25.0 Å². The lowest BCUT2D eigenvalue weighted by Gasteiger charge is -2.34. The van der Waals surface area contributed by atoms with Crippen molar-refractivity contribution >= 4 is 44.0 Å². The van der Waals surface area contributed by atoms with Gasteiger partial charge in [0.15, 0.2) is 0 Å². The van der Waals surface area contributed by atoms with E-state index in [1.165, 1.54) is 17.0 Å². The monoisotopic (exact) mass is 450 g/mol. The third-order valence-electron chi connectivity index (χ3n) is 6.67. The van der Waals surface area contributed by atoms with E-state index in [1.54, 1.807) is 0 Å². The summed E-state index contributed by atoms with van der Waals surface area (Å²) in [6.07, 6.45) is 1.11. The highest BCUT2D eigenvalue weighted by molar-refractivity contribution is 7.16. The Labute approximate surface area is 188 Å². The number of fused-ring (bicyclic) bond motifs is 2. The first-order chi connectivity index (χ1) is 15.5. The molecular weight excluding hydrogens is 424 g/mol. The van der Waals surface area contributed by atoms with Crippen LogP contribution >= 0.6 is 11.3 Å². The van der Waals surface area contributed by atoms with Crippen LogP contribution in [0.25, 0.3) is 32.6 Å². The largest absolute Gasteiger partial charge is 0.393 e. The highest BCUT2D eigenvalue weighted by Crippen LogP contribution is 2.36. The number of aliphatic hydroxyl groups excluding tert-OH is 1. The smallest absolute Gasteiger partial charge is 0.262 e. The number of anilines is 2. The van der Waals surface area contributed by atoms with Gasteiger partial charge in [-0.1, -0.05) is 0 Å². The van der Waals surface area contributed by atoms with Gasteiger partial charge in [-0.15, -0.1) is 11.3 Å². The Balaban J connectivity index is 1.42. The second-order valence-corrected chi connectivity index (χ2v) is 9.83. The number of thiophene rings is 1. The molecule has 2 fully saturated rings. The van der Waals surface area contributed by atoms with Crippen LogP contribution in [0.3, 0.4) is 0 Å². The summed E-state index contributed by atoms with van der Waals surface area (Å²) in [5, 5.41) is 16.2. The predicted octanol–water partition coefficient (Wildman–Crippen LogP) is 2.82. The number of H-pyrrole nitrogens is 2. The number of nitrogens with zero attached hydrogens (tertiary/aromatic N) is 3. The van der Waals surface area contributed by atoms with Gasteiger partial charge in [0.25, 0.3) is 5.56 Å². The molecule has 166 valence electrons. The van der Waals surface area contributed by atoms with Crippen LogP contribution in [0.1, 0.15) is 12.8 Å². The van der Waals surface area contributed by atoms with Crippen LogP contribution in [-0.4, -0.2) is 70.3 Å². The summed E-state index contributed by atoms with van der Waals surface area (Å²) in [5.41, 5.74) is 4.08. The van der Waals surface area contributed by atoms with Crippen molar-refractivity contribution in [1.82, 2.24) is 19.9 Å². The molecule has 1 aliphatic carbocycles. The summed E-state index contributed by atoms with van der Waals surface area (Å²) in [5.74, 6) is 0.562. The van der Waals surface area contributed by atoms with E-state index in [0.717, 1.165) is 53.1 Å². The molecule has 0 unspecified atom stereocenters. The molecule has 0 bridgehead atoms. The molecule has 2 aliphatic rings. The van der Waals surface area contributed by atoms with Gasteiger partial charge in [-0.25, -0.2) is 4.98 Å². The van der Waals surface area contributed by atoms with Crippen LogP contribution in [0.4, 0.5) is 11.4 Å². The highest BCUT2D eigenvalue weighted by atomic mass is 32.1. The fourth-order valence-electron chi connectivity index (χ4n) is 4.68. The van der Waals surface area contributed by atoms with Crippen molar-refractivity contribution in [1.29, 1.82) is 0 Å². The summed E-state index contributed by atoms with van der Waals surface area (Å²) in [7, 11) is 2.15. The maximum absolute atomic E-state index is 13.1. The summed E-state index contributed by atoms with van der Waals surface area (Å²) in [6.45, 7) is 4.10. The number of hydrogen-bond donors (Lipinski definition) is 4. The second kappa shape index (κ2) is 7.61. The quantitative estimate of drug-likeness (QED) is 0.382. The molecule has 0 radical (unpaired) electrons. The van der Waals surface area contributed by atoms with Crippen molar-refractivity contribution in [3.05, 3.63) is 40.0 Å². The van der Waals surface area contributed by atoms with Crippen molar-refractivity contribution in [3.8, 4) is 11.4 Å². The van der Waals surface area contributed by atoms with Gasteiger partial charge in [0.2, 0.25) is 0 Å². The summed E-state index contributed by atoms with van der Waals surface area (Å²) in [4.78, 5) is 29.9. The van der Waals surface area contributed by atoms with Gasteiger partial charge >= 0.3 is 0 Å². The highest BCUT2D eigenvalue weighted by Gasteiger charge is 2.29. The molecule has 4 aromatic rings. The zero-order chi connectivity index (χ0) is 21.8. The van der Waals surface area contributed by atoms with Crippen LogP contribution in [0, 0.1) is 0 Å². The predicted molar refractivity (Wildman–Crippen MR) is 130 cm³/mol. The zero-order valence-electron chi connectivity index (χ0n) is 17.9. The third kappa shape index (κ3) is 3.37. The molecule has 1 saturated heterocycles. The van der Waals surface area contributed by atoms with Gasteiger partial charge in [0, 0.05) is 43.3 Å². The van der Waals surface area contributed by atoms with Crippen molar-refractivity contribution < 1.29 is 5.11 Å². The number of aliphatic hydroxyl groups is 1. The Hall–Kier alpha value is -2.88. The second-order valence-electron chi connectivity index (χ2n) is 8.91. The van der Waals surface area contributed by atoms with Gasteiger partial charge in [0.05, 0.1) is 22.8 Å². The van der Waals surface area contributed by atoms with Crippen LogP contribution < -0.4 is 15.8 Å². The average Bonchev–Trinajstić information content (AvgIpc) is 3.39. The van der Waals surface area contributed by atoms with E-state index in [4.69, 9.17) is 4.98 Å². The Morgan fingerprint density at radius 2 is 1.97 bits per heavy atom. The summed E-state index contributed by atoms with van der Waals surface area (Å²) >= 11 is 1.51. The lowest BCUT2D eigenvalue weighted by molar-refractivity contribution is 0.0837. The third-order valence-corrected chi connectivity index (χ3v) is 7.50. The molecule has 3 aromatic heterocycles. The minimum Gasteiger partial charge on any atom is -0.393 e. The minimum absolute atomic E-state index is 0.155. The molecule has 8 nitrogen and oxygen atoms in total. The number of hydrogen-bond acceptors (Lipinski definition) is 7. The number of rotatable bonds is 4. The zero-order valence-corrected chi connectivity index (χ0v) is 18.7. The molecule has 4 N–H and O–H groups in total. The number of imidazole rings is 1. The lowest BCUT2D eigenvalue weighted by Crippen LogP contribution is -2.44. The average molecular weight is 451 g/mol. The number of aromatic nitrogens is 3. The van der Waals surface area contributed by atoms with Crippen LogP contribution in [0.5, 0.6) is 0 Å². The van der Waals surface area contributed by atoms with Gasteiger partial charge in [0.1, 0.15) is 16.2 Å². The molecule has 6 rings (SSSR count). The molecule has 1 aliphatic heterocycles. The van der Waals surface area contributed by atoms with Crippen molar-refractivity contribution in [2.75, 3.05) is 43.4 Å². The van der Waals surface area contributed by atoms with E-state index in [2.05, 4.69) is 44.3 Å². The van der Waals surface area contributed by atoms with E-state index < -0.39 is 0 Å². The van der Waals surface area contributed by atoms with Crippen LogP contribution in [0.15, 0.2) is 34.4 Å². The number of nitrogens with one attached hydrogen (secondary N) is 3. The van der Waals surface area contributed by atoms with Crippen molar-refractivity contribution in [3.63, 3.8) is 0 Å². The Bertz CT molecular complexity index is 1340. The Morgan fingerprint density at radius 1 is 1.16 bits per heavy atom. The number of aromatic amines is 2. The molecular formula is C23H26N6O2S. The SMILES string of the molecule is CN1CCN(c2ccc3nc(-c4c(N[C@H]5C[C@H](O)C5)c5ccsc5[nH]c4=O)[nH]c3c2)CC1. The number of piperazine rings is 1. The molecule has 0 amide bonds. The van der Waals surface area contributed by atoms with Crippen molar-refractivity contribution in [2.24, 2.45) is 0 Å². The van der Waals surface area contributed by atoms with E-state index >= 15 is 0 Å².